The largest absolute Gasteiger partial charge is 0.497 e. The Morgan fingerprint density at radius 2 is 2.00 bits per heavy atom. The van der Waals surface area contributed by atoms with Gasteiger partial charge in [-0.3, -0.25) is 0 Å². The number of nitrogens with zero attached hydrogens (tertiary/aromatic N) is 1. The molecule has 1 unspecified atom stereocenters. The lowest BCUT2D eigenvalue weighted by Crippen LogP contribution is -2.33. The van der Waals surface area contributed by atoms with Crippen molar-refractivity contribution in [3.8, 4) is 11.8 Å². The molecule has 1 saturated carbocycles. The molecule has 2 rings (SSSR count). The lowest BCUT2D eigenvalue weighted by Gasteiger charge is -2.39. The van der Waals surface area contributed by atoms with Crippen LogP contribution in [0.25, 0.3) is 0 Å². The van der Waals surface area contributed by atoms with E-state index in [1.165, 1.54) is 0 Å². The van der Waals surface area contributed by atoms with Crippen molar-refractivity contribution in [3.05, 3.63) is 29.8 Å². The summed E-state index contributed by atoms with van der Waals surface area (Å²) in [5, 5.41) is 20.4. The van der Waals surface area contributed by atoms with Crippen molar-refractivity contribution in [1.82, 2.24) is 0 Å². The third-order valence-corrected chi connectivity index (χ3v) is 5.02. The minimum absolute atomic E-state index is 0.649. The van der Waals surface area contributed by atoms with Gasteiger partial charge in [-0.05, 0) is 55.2 Å². The summed E-state index contributed by atoms with van der Waals surface area (Å²) in [7, 11) is 1.61. The zero-order chi connectivity index (χ0) is 15.5. The maximum Gasteiger partial charge on any atom is 0.119 e. The average molecular weight is 287 g/mol. The van der Waals surface area contributed by atoms with Crippen molar-refractivity contribution in [1.29, 1.82) is 5.26 Å². The van der Waals surface area contributed by atoms with E-state index in [2.05, 4.69) is 19.9 Å². The molecule has 0 heterocycles. The molecule has 0 spiro atoms. The van der Waals surface area contributed by atoms with E-state index in [1.54, 1.807) is 7.11 Å². The minimum atomic E-state index is -0.745. The zero-order valence-electron chi connectivity index (χ0n) is 13.2. The van der Waals surface area contributed by atoms with Crippen LogP contribution < -0.4 is 4.74 Å². The van der Waals surface area contributed by atoms with Crippen molar-refractivity contribution in [2.24, 2.45) is 17.3 Å². The van der Waals surface area contributed by atoms with Crippen molar-refractivity contribution >= 4 is 0 Å². The number of nitriles is 1. The van der Waals surface area contributed by atoms with Crippen LogP contribution >= 0.6 is 0 Å². The van der Waals surface area contributed by atoms with E-state index in [-0.39, 0.29) is 0 Å². The second kappa shape index (κ2) is 6.49. The van der Waals surface area contributed by atoms with Gasteiger partial charge < -0.3 is 9.84 Å². The summed E-state index contributed by atoms with van der Waals surface area (Å²) >= 11 is 0. The Labute approximate surface area is 127 Å². The van der Waals surface area contributed by atoms with E-state index >= 15 is 0 Å². The van der Waals surface area contributed by atoms with Crippen LogP contribution in [0.3, 0.4) is 0 Å². The van der Waals surface area contributed by atoms with E-state index in [0.717, 1.165) is 37.0 Å². The summed E-state index contributed by atoms with van der Waals surface area (Å²) in [4.78, 5) is 0. The molecule has 1 aromatic carbocycles. The predicted octanol–water partition coefficient (Wildman–Crippen LogP) is 4.08. The maximum absolute atomic E-state index is 10.8. The molecule has 0 aromatic heterocycles. The van der Waals surface area contributed by atoms with Crippen LogP contribution in [0.4, 0.5) is 0 Å². The van der Waals surface area contributed by atoms with Gasteiger partial charge in [0.2, 0.25) is 0 Å². The fourth-order valence-corrected chi connectivity index (χ4v) is 3.40. The van der Waals surface area contributed by atoms with Gasteiger partial charge in [-0.15, -0.1) is 0 Å². The number of hydrogen-bond acceptors (Lipinski definition) is 3. The number of benzene rings is 1. The van der Waals surface area contributed by atoms with Gasteiger partial charge in [-0.25, -0.2) is 0 Å². The number of rotatable bonds is 4. The van der Waals surface area contributed by atoms with Crippen LogP contribution in [0.1, 0.15) is 51.2 Å². The first kappa shape index (κ1) is 15.9. The van der Waals surface area contributed by atoms with E-state index < -0.39 is 11.5 Å². The Hall–Kier alpha value is -1.53. The molecule has 1 aliphatic rings. The number of hydrogen-bond donors (Lipinski definition) is 1. The standard InChI is InChI=1S/C18H25NO2/c1-13(2)14-7-9-18(12-19,10-8-14)17(20)15-5-4-6-16(11-15)21-3/h4-6,11,13-14,17,20H,7-10H2,1-3H3. The Bertz CT molecular complexity index is 510. The molecular weight excluding hydrogens is 262 g/mol. The van der Waals surface area contributed by atoms with E-state index in [4.69, 9.17) is 4.74 Å². The van der Waals surface area contributed by atoms with Crippen LogP contribution in [0, 0.1) is 28.6 Å². The normalized spacial score (nSPS) is 27.1. The topological polar surface area (TPSA) is 53.2 Å². The maximum atomic E-state index is 10.8. The van der Waals surface area contributed by atoms with Crippen LogP contribution in [0.5, 0.6) is 5.75 Å². The molecule has 1 aromatic rings. The molecule has 3 nitrogen and oxygen atoms in total. The SMILES string of the molecule is COc1cccc(C(O)C2(C#N)CCC(C(C)C)CC2)c1. The van der Waals surface area contributed by atoms with Crippen molar-refractivity contribution in [3.63, 3.8) is 0 Å². The van der Waals surface area contributed by atoms with Crippen LogP contribution in [0.15, 0.2) is 24.3 Å². The van der Waals surface area contributed by atoms with E-state index in [9.17, 15) is 10.4 Å². The molecule has 0 saturated heterocycles. The molecule has 1 fully saturated rings. The molecule has 1 N–H and O–H groups in total. The number of ether oxygens (including phenoxy) is 1. The highest BCUT2D eigenvalue weighted by atomic mass is 16.5. The second-order valence-electron chi connectivity index (χ2n) is 6.53. The molecule has 114 valence electrons. The Morgan fingerprint density at radius 1 is 1.33 bits per heavy atom. The monoisotopic (exact) mass is 287 g/mol. The Balaban J connectivity index is 2.19. The summed E-state index contributed by atoms with van der Waals surface area (Å²) in [6, 6.07) is 9.84. The van der Waals surface area contributed by atoms with Crippen LogP contribution in [0.2, 0.25) is 0 Å². The summed E-state index contributed by atoms with van der Waals surface area (Å²) in [6.07, 6.45) is 2.83. The van der Waals surface area contributed by atoms with Gasteiger partial charge in [-0.1, -0.05) is 26.0 Å². The molecule has 1 atom stereocenters. The van der Waals surface area contributed by atoms with Gasteiger partial charge in [0.1, 0.15) is 5.75 Å². The molecule has 21 heavy (non-hydrogen) atoms. The minimum Gasteiger partial charge on any atom is -0.497 e. The third kappa shape index (κ3) is 3.22. The predicted molar refractivity (Wildman–Crippen MR) is 82.8 cm³/mol. The summed E-state index contributed by atoms with van der Waals surface area (Å²) in [6.45, 7) is 4.48. The summed E-state index contributed by atoms with van der Waals surface area (Å²) in [5.74, 6) is 2.04. The first-order chi connectivity index (χ1) is 10.0. The van der Waals surface area contributed by atoms with Gasteiger partial charge in [0.25, 0.3) is 0 Å². The van der Waals surface area contributed by atoms with Crippen LogP contribution in [-0.2, 0) is 0 Å². The van der Waals surface area contributed by atoms with Gasteiger partial charge in [-0.2, -0.15) is 5.26 Å². The number of aliphatic hydroxyl groups excluding tert-OH is 1. The molecule has 0 aliphatic heterocycles. The molecule has 0 amide bonds. The van der Waals surface area contributed by atoms with Gasteiger partial charge in [0, 0.05) is 0 Å². The molecule has 0 radical (unpaired) electrons. The molecule has 3 heteroatoms. The number of aliphatic hydroxyl groups is 1. The fourth-order valence-electron chi connectivity index (χ4n) is 3.40. The molecule has 1 aliphatic carbocycles. The van der Waals surface area contributed by atoms with E-state index in [1.807, 2.05) is 24.3 Å². The van der Waals surface area contributed by atoms with Crippen LogP contribution in [-0.4, -0.2) is 12.2 Å². The lowest BCUT2D eigenvalue weighted by atomic mass is 9.65. The second-order valence-corrected chi connectivity index (χ2v) is 6.53. The summed E-state index contributed by atoms with van der Waals surface area (Å²) < 4.78 is 5.21. The average Bonchev–Trinajstić information content (AvgIpc) is 2.54. The third-order valence-electron chi connectivity index (χ3n) is 5.02. The Kier molecular flexibility index (Phi) is 4.90. The fraction of sp³-hybridized carbons (Fsp3) is 0.611. The first-order valence-corrected chi connectivity index (χ1v) is 7.75. The smallest absolute Gasteiger partial charge is 0.119 e. The Morgan fingerprint density at radius 3 is 2.52 bits per heavy atom. The van der Waals surface area contributed by atoms with Crippen molar-refractivity contribution in [2.75, 3.05) is 7.11 Å². The quantitative estimate of drug-likeness (QED) is 0.907. The van der Waals surface area contributed by atoms with Gasteiger partial charge in [0.15, 0.2) is 0 Å². The molecule has 0 bridgehead atoms. The summed E-state index contributed by atoms with van der Waals surface area (Å²) in [5.41, 5.74) is 0.122. The highest BCUT2D eigenvalue weighted by Gasteiger charge is 2.42. The molecular formula is C18H25NO2. The van der Waals surface area contributed by atoms with Crippen molar-refractivity contribution < 1.29 is 9.84 Å². The number of methoxy groups -OCH3 is 1. The van der Waals surface area contributed by atoms with E-state index in [0.29, 0.717) is 11.8 Å². The highest BCUT2D eigenvalue weighted by molar-refractivity contribution is 5.32. The lowest BCUT2D eigenvalue weighted by molar-refractivity contribution is 0.0189. The zero-order valence-corrected chi connectivity index (χ0v) is 13.2. The van der Waals surface area contributed by atoms with Gasteiger partial charge >= 0.3 is 0 Å². The van der Waals surface area contributed by atoms with Crippen molar-refractivity contribution in [2.45, 2.75) is 45.6 Å². The van der Waals surface area contributed by atoms with Gasteiger partial charge in [0.05, 0.1) is 24.7 Å². The first-order valence-electron chi connectivity index (χ1n) is 7.75. The highest BCUT2D eigenvalue weighted by Crippen LogP contribution is 2.48.